The van der Waals surface area contributed by atoms with Gasteiger partial charge in [0.15, 0.2) is 0 Å². The van der Waals surface area contributed by atoms with Crippen molar-refractivity contribution in [2.45, 2.75) is 40.3 Å². The Hall–Kier alpha value is -4.58. The predicted molar refractivity (Wildman–Crippen MR) is 151 cm³/mol. The molecule has 1 aliphatic rings. The zero-order chi connectivity index (χ0) is 26.4. The molecule has 190 valence electrons. The van der Waals surface area contributed by atoms with E-state index >= 15 is 0 Å². The lowest BCUT2D eigenvalue weighted by Crippen LogP contribution is -2.38. The Morgan fingerprint density at radius 2 is 1.68 bits per heavy atom. The Kier molecular flexibility index (Phi) is 5.87. The molecule has 6 rings (SSSR count). The minimum absolute atomic E-state index is 0.146. The van der Waals surface area contributed by atoms with Crippen LogP contribution in [0.4, 0.5) is 10.5 Å². The lowest BCUT2D eigenvalue weighted by molar-refractivity contribution is 0.194. The number of nitrogens with one attached hydrogen (secondary N) is 1. The van der Waals surface area contributed by atoms with Crippen molar-refractivity contribution < 1.29 is 4.79 Å². The van der Waals surface area contributed by atoms with E-state index in [2.05, 4.69) is 79.3 Å². The van der Waals surface area contributed by atoms with Crippen molar-refractivity contribution in [3.8, 4) is 11.5 Å². The second kappa shape index (κ2) is 9.38. The number of aryl methyl sites for hydroxylation is 4. The van der Waals surface area contributed by atoms with Crippen molar-refractivity contribution >= 4 is 11.7 Å². The highest BCUT2D eigenvalue weighted by Gasteiger charge is 2.36. The van der Waals surface area contributed by atoms with Gasteiger partial charge < -0.3 is 14.8 Å². The summed E-state index contributed by atoms with van der Waals surface area (Å²) in [5.41, 5.74) is 9.28. The Bertz CT molecular complexity index is 1650. The average molecular weight is 502 g/mol. The molecule has 0 radical (unpaired) electrons. The molecular weight excluding hydrogens is 470 g/mol. The van der Waals surface area contributed by atoms with Crippen LogP contribution in [-0.2, 0) is 6.54 Å². The van der Waals surface area contributed by atoms with Gasteiger partial charge in [-0.05, 0) is 80.8 Å². The smallest absolute Gasteiger partial charge is 0.308 e. The summed E-state index contributed by atoms with van der Waals surface area (Å²) in [6.07, 6.45) is 2.07. The average Bonchev–Trinajstić information content (AvgIpc) is 3.47. The monoisotopic (exact) mass is 501 g/mol. The molecule has 1 N–H and O–H groups in total. The molecule has 2 amide bonds. The van der Waals surface area contributed by atoms with Crippen molar-refractivity contribution in [3.63, 3.8) is 0 Å². The van der Waals surface area contributed by atoms with Crippen LogP contribution in [0, 0.1) is 27.7 Å². The lowest BCUT2D eigenvalue weighted by atomic mass is 10.00. The molecule has 0 spiro atoms. The SMILES string of the molecule is Cc1cccc(C2c3cccn3-c3c(c(C)nn3-c3ccccc3)CN2C(=O)Nc2ccc(C)c(C)c2)c1. The van der Waals surface area contributed by atoms with Crippen LogP contribution < -0.4 is 5.32 Å². The molecule has 1 aliphatic heterocycles. The number of anilines is 1. The Morgan fingerprint density at radius 3 is 2.45 bits per heavy atom. The molecule has 3 aromatic carbocycles. The van der Waals surface area contributed by atoms with Gasteiger partial charge in [0.2, 0.25) is 0 Å². The molecule has 1 atom stereocenters. The van der Waals surface area contributed by atoms with E-state index in [1.807, 2.05) is 59.0 Å². The number of rotatable bonds is 3. The second-order valence-electron chi connectivity index (χ2n) is 10.1. The van der Waals surface area contributed by atoms with Gasteiger partial charge in [0.05, 0.1) is 29.7 Å². The van der Waals surface area contributed by atoms with Gasteiger partial charge in [0.1, 0.15) is 5.82 Å². The standard InChI is InChI=1S/C32H31N5O/c1-21-10-8-11-25(18-21)30-29-14-9-17-35(29)31-28(24(4)34-37(31)27-12-6-5-7-13-27)20-36(30)32(38)33-26-16-15-22(2)23(3)19-26/h5-19,30H,20H2,1-4H3,(H,33,38). The van der Waals surface area contributed by atoms with Crippen LogP contribution >= 0.6 is 0 Å². The minimum atomic E-state index is -0.285. The molecular formula is C32H31N5O. The number of urea groups is 1. The largest absolute Gasteiger partial charge is 0.322 e. The zero-order valence-electron chi connectivity index (χ0n) is 22.1. The number of hydrogen-bond donors (Lipinski definition) is 1. The Balaban J connectivity index is 1.53. The number of amides is 2. The molecule has 5 aromatic rings. The third-order valence-corrected chi connectivity index (χ3v) is 7.46. The molecule has 0 fully saturated rings. The molecule has 0 bridgehead atoms. The van der Waals surface area contributed by atoms with Gasteiger partial charge in [0, 0.05) is 17.4 Å². The summed E-state index contributed by atoms with van der Waals surface area (Å²) in [6.45, 7) is 8.67. The second-order valence-corrected chi connectivity index (χ2v) is 10.1. The molecule has 1 unspecified atom stereocenters. The van der Waals surface area contributed by atoms with E-state index in [1.54, 1.807) is 0 Å². The third kappa shape index (κ3) is 4.08. The molecule has 0 saturated carbocycles. The maximum absolute atomic E-state index is 14.1. The van der Waals surface area contributed by atoms with E-state index in [-0.39, 0.29) is 12.1 Å². The van der Waals surface area contributed by atoms with Crippen molar-refractivity contribution in [2.24, 2.45) is 0 Å². The first-order valence-corrected chi connectivity index (χ1v) is 12.9. The molecule has 6 heteroatoms. The van der Waals surface area contributed by atoms with Crippen LogP contribution in [0.2, 0.25) is 0 Å². The molecule has 6 nitrogen and oxygen atoms in total. The summed E-state index contributed by atoms with van der Waals surface area (Å²) in [5, 5.41) is 8.12. The molecule has 2 aromatic heterocycles. The number of carbonyl (C=O) groups excluding carboxylic acids is 1. The number of nitrogens with zero attached hydrogens (tertiary/aromatic N) is 4. The highest BCUT2D eigenvalue weighted by atomic mass is 16.2. The fourth-order valence-electron chi connectivity index (χ4n) is 5.35. The topological polar surface area (TPSA) is 55.1 Å². The number of carbonyl (C=O) groups is 1. The van der Waals surface area contributed by atoms with E-state index in [0.717, 1.165) is 50.8 Å². The first-order chi connectivity index (χ1) is 18.4. The highest BCUT2D eigenvalue weighted by molar-refractivity contribution is 5.90. The maximum atomic E-state index is 14.1. The Morgan fingerprint density at radius 1 is 0.868 bits per heavy atom. The van der Waals surface area contributed by atoms with Crippen molar-refractivity contribution in [3.05, 3.63) is 130 Å². The Labute approximate surface area is 223 Å². The highest BCUT2D eigenvalue weighted by Crippen LogP contribution is 2.39. The summed E-state index contributed by atoms with van der Waals surface area (Å²) >= 11 is 0. The molecule has 0 aliphatic carbocycles. The fraction of sp³-hybridized carbons (Fsp3) is 0.188. The third-order valence-electron chi connectivity index (χ3n) is 7.46. The van der Waals surface area contributed by atoms with E-state index in [9.17, 15) is 4.79 Å². The van der Waals surface area contributed by atoms with Gasteiger partial charge in [-0.3, -0.25) is 0 Å². The number of hydrogen-bond acceptors (Lipinski definition) is 2. The van der Waals surface area contributed by atoms with Crippen molar-refractivity contribution in [1.82, 2.24) is 19.2 Å². The first-order valence-electron chi connectivity index (χ1n) is 12.9. The van der Waals surface area contributed by atoms with Gasteiger partial charge in [-0.2, -0.15) is 5.10 Å². The number of para-hydroxylation sites is 1. The van der Waals surface area contributed by atoms with Crippen LogP contribution in [0.5, 0.6) is 0 Å². The summed E-state index contributed by atoms with van der Waals surface area (Å²) in [7, 11) is 0. The van der Waals surface area contributed by atoms with Gasteiger partial charge in [-0.15, -0.1) is 0 Å². The number of benzene rings is 3. The fourth-order valence-corrected chi connectivity index (χ4v) is 5.35. The minimum Gasteiger partial charge on any atom is -0.308 e. The van der Waals surface area contributed by atoms with Crippen LogP contribution in [0.15, 0.2) is 91.1 Å². The summed E-state index contributed by atoms with van der Waals surface area (Å²) in [6, 6.07) is 28.3. The summed E-state index contributed by atoms with van der Waals surface area (Å²) < 4.78 is 4.19. The van der Waals surface area contributed by atoms with E-state index < -0.39 is 0 Å². The number of fused-ring (bicyclic) bond motifs is 3. The normalized spacial score (nSPS) is 14.5. The quantitative estimate of drug-likeness (QED) is 0.288. The van der Waals surface area contributed by atoms with E-state index in [0.29, 0.717) is 6.54 Å². The summed E-state index contributed by atoms with van der Waals surface area (Å²) in [5.74, 6) is 0.966. The predicted octanol–water partition coefficient (Wildman–Crippen LogP) is 7.03. The van der Waals surface area contributed by atoms with Crippen molar-refractivity contribution in [1.29, 1.82) is 0 Å². The van der Waals surface area contributed by atoms with Crippen LogP contribution in [0.3, 0.4) is 0 Å². The van der Waals surface area contributed by atoms with Gasteiger partial charge in [0.25, 0.3) is 0 Å². The van der Waals surface area contributed by atoms with Crippen LogP contribution in [0.25, 0.3) is 11.5 Å². The summed E-state index contributed by atoms with van der Waals surface area (Å²) in [4.78, 5) is 16.0. The van der Waals surface area contributed by atoms with E-state index in [1.165, 1.54) is 5.56 Å². The van der Waals surface area contributed by atoms with Crippen molar-refractivity contribution in [2.75, 3.05) is 5.32 Å². The molecule has 38 heavy (non-hydrogen) atoms. The van der Waals surface area contributed by atoms with Crippen LogP contribution in [0.1, 0.15) is 45.2 Å². The molecule has 3 heterocycles. The molecule has 0 saturated heterocycles. The first kappa shape index (κ1) is 23.8. The van der Waals surface area contributed by atoms with Gasteiger partial charge in [-0.25, -0.2) is 9.48 Å². The van der Waals surface area contributed by atoms with E-state index in [4.69, 9.17) is 5.10 Å². The number of aromatic nitrogens is 3. The van der Waals surface area contributed by atoms with Crippen LogP contribution in [-0.4, -0.2) is 25.3 Å². The van der Waals surface area contributed by atoms with Gasteiger partial charge >= 0.3 is 6.03 Å². The maximum Gasteiger partial charge on any atom is 0.322 e. The van der Waals surface area contributed by atoms with Gasteiger partial charge in [-0.1, -0.05) is 54.1 Å². The zero-order valence-corrected chi connectivity index (χ0v) is 22.1. The lowest BCUT2D eigenvalue weighted by Gasteiger charge is -2.31.